The minimum absolute atomic E-state index is 0.803. The van der Waals surface area contributed by atoms with Crippen LogP contribution in [0.2, 0.25) is 0 Å². The van der Waals surface area contributed by atoms with Crippen LogP contribution in [0.25, 0.3) is 0 Å². The van der Waals surface area contributed by atoms with Crippen LogP contribution in [0, 0.1) is 0 Å². The molecule has 0 saturated carbocycles. The van der Waals surface area contributed by atoms with E-state index >= 15 is 0 Å². The number of unbranched alkanes of at least 4 members (excludes halogenated alkanes) is 3. The first kappa shape index (κ1) is 18.7. The molecule has 0 spiro atoms. The van der Waals surface area contributed by atoms with E-state index in [0.717, 1.165) is 15.7 Å². The summed E-state index contributed by atoms with van der Waals surface area (Å²) in [5.74, 6) is 1.36. The molecule has 3 unspecified atom stereocenters. The van der Waals surface area contributed by atoms with Crippen LogP contribution in [0.4, 0.5) is 0 Å². The summed E-state index contributed by atoms with van der Waals surface area (Å²) in [5, 5.41) is 2.49. The van der Waals surface area contributed by atoms with Gasteiger partial charge in [0.1, 0.15) is 0 Å². The topological polar surface area (TPSA) is 0 Å². The summed E-state index contributed by atoms with van der Waals surface area (Å²) in [6.07, 6.45) is 9.64. The predicted octanol–water partition coefficient (Wildman–Crippen LogP) is 6.39. The van der Waals surface area contributed by atoms with Crippen molar-refractivity contribution in [1.82, 2.24) is 0 Å². The Hall–Kier alpha value is 0.700. The fourth-order valence-electron chi connectivity index (χ4n) is 2.04. The van der Waals surface area contributed by atoms with Gasteiger partial charge in [-0.15, -0.1) is 0 Å². The van der Waals surface area contributed by atoms with Crippen molar-refractivity contribution in [2.45, 2.75) is 95.3 Å². The first-order chi connectivity index (χ1) is 8.65. The minimum Gasteiger partial charge on any atom is -0.158 e. The number of thioether (sulfide) groups is 2. The van der Waals surface area contributed by atoms with Crippen LogP contribution in [0.3, 0.4) is 0 Å². The molecular formula is C16H34S2. The second-order valence-corrected chi connectivity index (χ2v) is 8.46. The maximum Gasteiger partial charge on any atom is 0.0138 e. The van der Waals surface area contributed by atoms with E-state index in [0.29, 0.717) is 0 Å². The Morgan fingerprint density at radius 1 is 0.833 bits per heavy atom. The van der Waals surface area contributed by atoms with Crippen molar-refractivity contribution in [3.05, 3.63) is 0 Å². The van der Waals surface area contributed by atoms with Gasteiger partial charge in [-0.05, 0) is 25.0 Å². The zero-order chi connectivity index (χ0) is 13.8. The molecule has 3 atom stereocenters. The lowest BCUT2D eigenvalue weighted by Gasteiger charge is -2.24. The molecule has 0 heterocycles. The summed E-state index contributed by atoms with van der Waals surface area (Å²) < 4.78 is 0. The molecule has 110 valence electrons. The molecule has 0 nitrogen and oxygen atoms in total. The van der Waals surface area contributed by atoms with Crippen molar-refractivity contribution in [2.24, 2.45) is 0 Å². The van der Waals surface area contributed by atoms with Crippen molar-refractivity contribution >= 4 is 23.5 Å². The molecular weight excluding hydrogens is 256 g/mol. The summed E-state index contributed by atoms with van der Waals surface area (Å²) in [6, 6.07) is 0. The molecule has 0 aromatic carbocycles. The molecule has 0 aliphatic heterocycles. The highest BCUT2D eigenvalue weighted by Gasteiger charge is 2.17. The zero-order valence-corrected chi connectivity index (χ0v) is 14.8. The Kier molecular flexibility index (Phi) is 13.2. The highest BCUT2D eigenvalue weighted by Crippen LogP contribution is 2.31. The largest absolute Gasteiger partial charge is 0.158 e. The Morgan fingerprint density at radius 3 is 2.11 bits per heavy atom. The maximum atomic E-state index is 2.42. The Labute approximate surface area is 124 Å². The highest BCUT2D eigenvalue weighted by molar-refractivity contribution is 8.04. The lowest BCUT2D eigenvalue weighted by Crippen LogP contribution is -2.17. The summed E-state index contributed by atoms with van der Waals surface area (Å²) in [4.78, 5) is 0. The predicted molar refractivity (Wildman–Crippen MR) is 92.1 cm³/mol. The van der Waals surface area contributed by atoms with Gasteiger partial charge in [-0.2, -0.15) is 23.5 Å². The summed E-state index contributed by atoms with van der Waals surface area (Å²) in [7, 11) is 0. The van der Waals surface area contributed by atoms with Gasteiger partial charge in [-0.1, -0.05) is 60.3 Å². The van der Waals surface area contributed by atoms with Gasteiger partial charge in [-0.3, -0.25) is 0 Å². The Morgan fingerprint density at radius 2 is 1.56 bits per heavy atom. The van der Waals surface area contributed by atoms with Gasteiger partial charge >= 0.3 is 0 Å². The molecule has 0 amide bonds. The van der Waals surface area contributed by atoms with Gasteiger partial charge in [-0.25, -0.2) is 0 Å². The van der Waals surface area contributed by atoms with Crippen LogP contribution in [0.15, 0.2) is 0 Å². The van der Waals surface area contributed by atoms with Crippen LogP contribution in [-0.4, -0.2) is 21.5 Å². The summed E-state index contributed by atoms with van der Waals surface area (Å²) in [5.41, 5.74) is 0. The van der Waals surface area contributed by atoms with E-state index in [9.17, 15) is 0 Å². The quantitative estimate of drug-likeness (QED) is 0.382. The lowest BCUT2D eigenvalue weighted by molar-refractivity contribution is 0.704. The zero-order valence-electron chi connectivity index (χ0n) is 13.2. The fraction of sp³-hybridized carbons (Fsp3) is 1.00. The van der Waals surface area contributed by atoms with Crippen molar-refractivity contribution < 1.29 is 0 Å². The molecule has 0 bridgehead atoms. The first-order valence-electron chi connectivity index (χ1n) is 7.92. The second kappa shape index (κ2) is 12.7. The van der Waals surface area contributed by atoms with Gasteiger partial charge in [0.2, 0.25) is 0 Å². The van der Waals surface area contributed by atoms with E-state index < -0.39 is 0 Å². The molecule has 0 aromatic rings. The first-order valence-corrected chi connectivity index (χ1v) is 9.91. The van der Waals surface area contributed by atoms with Crippen molar-refractivity contribution in [2.75, 3.05) is 5.75 Å². The van der Waals surface area contributed by atoms with E-state index in [2.05, 4.69) is 58.1 Å². The molecule has 0 saturated heterocycles. The van der Waals surface area contributed by atoms with Gasteiger partial charge < -0.3 is 0 Å². The third-order valence-electron chi connectivity index (χ3n) is 3.51. The molecule has 18 heavy (non-hydrogen) atoms. The smallest absolute Gasteiger partial charge is 0.0138 e. The van der Waals surface area contributed by atoms with Gasteiger partial charge in [0.15, 0.2) is 0 Å². The normalized spacial score (nSPS) is 16.5. The second-order valence-electron chi connectivity index (χ2n) is 5.30. The molecule has 0 aliphatic carbocycles. The minimum atomic E-state index is 0.803. The summed E-state index contributed by atoms with van der Waals surface area (Å²) in [6.45, 7) is 11.8. The third-order valence-corrected chi connectivity index (χ3v) is 6.93. The van der Waals surface area contributed by atoms with Crippen molar-refractivity contribution in [1.29, 1.82) is 0 Å². The average Bonchev–Trinajstić information content (AvgIpc) is 2.37. The highest BCUT2D eigenvalue weighted by atomic mass is 32.2. The fourth-order valence-corrected chi connectivity index (χ4v) is 4.87. The number of hydrogen-bond donors (Lipinski definition) is 0. The van der Waals surface area contributed by atoms with E-state index in [4.69, 9.17) is 0 Å². The Balaban J connectivity index is 3.70. The lowest BCUT2D eigenvalue weighted by atomic mass is 10.2. The van der Waals surface area contributed by atoms with Crippen molar-refractivity contribution in [3.63, 3.8) is 0 Å². The number of rotatable bonds is 12. The van der Waals surface area contributed by atoms with E-state index in [1.807, 2.05) is 0 Å². The Bertz CT molecular complexity index is 170. The molecule has 0 N–H and O–H groups in total. The molecule has 0 aliphatic rings. The molecule has 0 fully saturated rings. The van der Waals surface area contributed by atoms with Crippen molar-refractivity contribution in [3.8, 4) is 0 Å². The molecule has 0 aromatic heterocycles. The summed E-state index contributed by atoms with van der Waals surface area (Å²) >= 11 is 4.41. The van der Waals surface area contributed by atoms with Crippen LogP contribution in [-0.2, 0) is 0 Å². The van der Waals surface area contributed by atoms with Crippen LogP contribution >= 0.6 is 23.5 Å². The van der Waals surface area contributed by atoms with Crippen LogP contribution in [0.5, 0.6) is 0 Å². The van der Waals surface area contributed by atoms with Gasteiger partial charge in [0.25, 0.3) is 0 Å². The van der Waals surface area contributed by atoms with E-state index in [1.54, 1.807) is 0 Å². The maximum absolute atomic E-state index is 2.42. The van der Waals surface area contributed by atoms with E-state index in [-0.39, 0.29) is 0 Å². The van der Waals surface area contributed by atoms with Crippen LogP contribution < -0.4 is 0 Å². The standard InChI is InChI=1S/C16H34S2/c1-6-9-10-11-13-17-14(4)15(5)18-16(8-3)12-7-2/h14-16H,6-13H2,1-5H3. The van der Waals surface area contributed by atoms with Gasteiger partial charge in [0.05, 0.1) is 0 Å². The monoisotopic (exact) mass is 290 g/mol. The SMILES string of the molecule is CCCCCCSC(C)C(C)SC(CC)CCC. The molecule has 0 radical (unpaired) electrons. The average molecular weight is 291 g/mol. The molecule has 0 rings (SSSR count). The van der Waals surface area contributed by atoms with E-state index in [1.165, 1.54) is 50.7 Å². The van der Waals surface area contributed by atoms with Gasteiger partial charge in [0, 0.05) is 15.7 Å². The van der Waals surface area contributed by atoms with Crippen LogP contribution in [0.1, 0.15) is 79.6 Å². The molecule has 2 heteroatoms. The number of hydrogen-bond acceptors (Lipinski definition) is 2. The third kappa shape index (κ3) is 9.61.